The van der Waals surface area contributed by atoms with Gasteiger partial charge in [0.15, 0.2) is 5.82 Å². The Labute approximate surface area is 141 Å². The minimum atomic E-state index is -0.138. The molecule has 0 radical (unpaired) electrons. The molecule has 2 aromatic heterocycles. The van der Waals surface area contributed by atoms with Crippen LogP contribution in [-0.4, -0.2) is 21.0 Å². The minimum absolute atomic E-state index is 0. The second kappa shape index (κ2) is 7.92. The lowest BCUT2D eigenvalue weighted by Crippen LogP contribution is -2.13. The van der Waals surface area contributed by atoms with E-state index in [9.17, 15) is 4.79 Å². The average molecular weight is 340 g/mol. The summed E-state index contributed by atoms with van der Waals surface area (Å²) in [6, 6.07) is 3.36. The van der Waals surface area contributed by atoms with Gasteiger partial charge in [0.05, 0.1) is 11.9 Å². The van der Waals surface area contributed by atoms with Gasteiger partial charge in [0.2, 0.25) is 11.8 Å². The molecule has 0 fully saturated rings. The van der Waals surface area contributed by atoms with Gasteiger partial charge in [-0.1, -0.05) is 25.9 Å². The van der Waals surface area contributed by atoms with Gasteiger partial charge >= 0.3 is 0 Å². The standard InChI is InChI=1S/C15H21N5O2.ClH/c1-15(2,3)14-19-13(22-20-14)6-4-5-12(21)18-10-7-8-11(16)17-9-10;/h7-9H,4-6H2,1-3H3,(H2,16,17)(H,18,21);1H. The van der Waals surface area contributed by atoms with E-state index in [-0.39, 0.29) is 23.7 Å². The number of nitrogen functional groups attached to an aromatic ring is 1. The van der Waals surface area contributed by atoms with E-state index in [1.54, 1.807) is 12.1 Å². The number of amides is 1. The Kier molecular flexibility index (Phi) is 6.50. The number of nitrogens with one attached hydrogen (secondary N) is 1. The number of aromatic nitrogens is 3. The van der Waals surface area contributed by atoms with Crippen LogP contribution < -0.4 is 11.1 Å². The summed E-state index contributed by atoms with van der Waals surface area (Å²) in [5.74, 6) is 1.58. The Morgan fingerprint density at radius 3 is 2.65 bits per heavy atom. The maximum absolute atomic E-state index is 11.8. The van der Waals surface area contributed by atoms with Gasteiger partial charge in [0.1, 0.15) is 5.82 Å². The van der Waals surface area contributed by atoms with Crippen LogP contribution in [0.5, 0.6) is 0 Å². The van der Waals surface area contributed by atoms with Gasteiger partial charge in [-0.2, -0.15) is 4.98 Å². The topological polar surface area (TPSA) is 107 Å². The van der Waals surface area contributed by atoms with E-state index in [2.05, 4.69) is 20.4 Å². The maximum atomic E-state index is 11.8. The van der Waals surface area contributed by atoms with Gasteiger partial charge in [-0.15, -0.1) is 12.4 Å². The fourth-order valence-electron chi connectivity index (χ4n) is 1.76. The Morgan fingerprint density at radius 1 is 1.35 bits per heavy atom. The molecular weight excluding hydrogens is 318 g/mol. The largest absolute Gasteiger partial charge is 0.384 e. The molecule has 0 spiro atoms. The maximum Gasteiger partial charge on any atom is 0.226 e. The fraction of sp³-hybridized carbons (Fsp3) is 0.467. The summed E-state index contributed by atoms with van der Waals surface area (Å²) in [5.41, 5.74) is 5.98. The number of nitrogens with two attached hydrogens (primary N) is 1. The lowest BCUT2D eigenvalue weighted by Gasteiger charge is -2.10. The summed E-state index contributed by atoms with van der Waals surface area (Å²) < 4.78 is 5.19. The van der Waals surface area contributed by atoms with E-state index in [1.807, 2.05) is 20.8 Å². The number of hydrogen-bond acceptors (Lipinski definition) is 6. The van der Waals surface area contributed by atoms with Gasteiger partial charge < -0.3 is 15.6 Å². The molecule has 0 aliphatic carbocycles. The highest BCUT2D eigenvalue weighted by molar-refractivity contribution is 5.90. The number of hydrogen-bond donors (Lipinski definition) is 2. The minimum Gasteiger partial charge on any atom is -0.384 e. The van der Waals surface area contributed by atoms with Crippen molar-refractivity contribution in [2.24, 2.45) is 0 Å². The number of halogens is 1. The molecule has 0 aromatic carbocycles. The first kappa shape index (κ1) is 18.9. The van der Waals surface area contributed by atoms with Crippen molar-refractivity contribution in [2.75, 3.05) is 11.1 Å². The van der Waals surface area contributed by atoms with Crippen LogP contribution >= 0.6 is 12.4 Å². The van der Waals surface area contributed by atoms with Crippen LogP contribution in [0.25, 0.3) is 0 Å². The second-order valence-electron chi connectivity index (χ2n) is 6.14. The SMILES string of the molecule is CC(C)(C)c1noc(CCCC(=O)Nc2ccc(N)nc2)n1.Cl. The smallest absolute Gasteiger partial charge is 0.226 e. The molecule has 8 heteroatoms. The third-order valence-corrected chi connectivity index (χ3v) is 3.00. The van der Waals surface area contributed by atoms with E-state index in [4.69, 9.17) is 10.3 Å². The average Bonchev–Trinajstić information content (AvgIpc) is 2.90. The van der Waals surface area contributed by atoms with Crippen LogP contribution in [0.15, 0.2) is 22.9 Å². The molecule has 0 aliphatic heterocycles. The summed E-state index contributed by atoms with van der Waals surface area (Å²) in [6.07, 6.45) is 3.12. The van der Waals surface area contributed by atoms with E-state index < -0.39 is 0 Å². The van der Waals surface area contributed by atoms with Crippen molar-refractivity contribution in [3.05, 3.63) is 30.0 Å². The molecule has 23 heavy (non-hydrogen) atoms. The number of carbonyl (C=O) groups excluding carboxylic acids is 1. The zero-order valence-corrected chi connectivity index (χ0v) is 14.3. The van der Waals surface area contributed by atoms with Crippen LogP contribution in [0.4, 0.5) is 11.5 Å². The summed E-state index contributed by atoms with van der Waals surface area (Å²) in [4.78, 5) is 20.1. The van der Waals surface area contributed by atoms with E-state index in [1.165, 1.54) is 6.20 Å². The first-order valence-electron chi connectivity index (χ1n) is 7.19. The highest BCUT2D eigenvalue weighted by atomic mass is 35.5. The molecule has 0 saturated carbocycles. The van der Waals surface area contributed by atoms with Gasteiger partial charge in [-0.3, -0.25) is 4.79 Å². The molecule has 0 bridgehead atoms. The Balaban J connectivity index is 0.00000264. The van der Waals surface area contributed by atoms with Crippen LogP contribution in [0.1, 0.15) is 45.3 Å². The third-order valence-electron chi connectivity index (χ3n) is 3.00. The second-order valence-corrected chi connectivity index (χ2v) is 6.14. The lowest BCUT2D eigenvalue weighted by atomic mass is 9.96. The van der Waals surface area contributed by atoms with Gasteiger partial charge in [-0.25, -0.2) is 4.98 Å². The highest BCUT2D eigenvalue weighted by Crippen LogP contribution is 2.19. The first-order valence-corrected chi connectivity index (χ1v) is 7.19. The van der Waals surface area contributed by atoms with Crippen LogP contribution in [0.3, 0.4) is 0 Å². The molecule has 1 amide bonds. The molecule has 0 atom stereocenters. The fourth-order valence-corrected chi connectivity index (χ4v) is 1.76. The molecule has 0 saturated heterocycles. The van der Waals surface area contributed by atoms with Gasteiger partial charge in [0.25, 0.3) is 0 Å². The van der Waals surface area contributed by atoms with Crippen LogP contribution in [0.2, 0.25) is 0 Å². The van der Waals surface area contributed by atoms with Crippen molar-refractivity contribution < 1.29 is 9.32 Å². The summed E-state index contributed by atoms with van der Waals surface area (Å²) in [7, 11) is 0. The zero-order valence-electron chi connectivity index (χ0n) is 13.5. The number of carbonyl (C=O) groups is 1. The molecule has 7 nitrogen and oxygen atoms in total. The summed E-state index contributed by atoms with van der Waals surface area (Å²) in [5, 5.41) is 6.72. The molecule has 0 aliphatic rings. The van der Waals surface area contributed by atoms with Crippen molar-refractivity contribution >= 4 is 29.8 Å². The summed E-state index contributed by atoms with van der Waals surface area (Å²) in [6.45, 7) is 6.07. The predicted octanol–water partition coefficient (Wildman–Crippen LogP) is 2.73. The van der Waals surface area contributed by atoms with Crippen molar-refractivity contribution in [3.8, 4) is 0 Å². The predicted molar refractivity (Wildman–Crippen MR) is 90.5 cm³/mol. The number of aryl methyl sites for hydroxylation is 1. The van der Waals surface area contributed by atoms with Crippen molar-refractivity contribution in [1.82, 2.24) is 15.1 Å². The normalized spacial score (nSPS) is 10.9. The van der Waals surface area contributed by atoms with Crippen molar-refractivity contribution in [2.45, 2.75) is 45.4 Å². The van der Waals surface area contributed by atoms with Crippen molar-refractivity contribution in [3.63, 3.8) is 0 Å². The highest BCUT2D eigenvalue weighted by Gasteiger charge is 2.20. The quantitative estimate of drug-likeness (QED) is 0.867. The van der Waals surface area contributed by atoms with Crippen molar-refractivity contribution in [1.29, 1.82) is 0 Å². The summed E-state index contributed by atoms with van der Waals surface area (Å²) >= 11 is 0. The van der Waals surface area contributed by atoms with Crippen LogP contribution in [-0.2, 0) is 16.6 Å². The Hall–Kier alpha value is -2.15. The number of rotatable bonds is 5. The third kappa shape index (κ3) is 5.86. The van der Waals surface area contributed by atoms with Crippen LogP contribution in [0, 0.1) is 0 Å². The molecule has 0 unspecified atom stereocenters. The Morgan fingerprint density at radius 2 is 2.09 bits per heavy atom. The zero-order chi connectivity index (χ0) is 16.2. The van der Waals surface area contributed by atoms with E-state index >= 15 is 0 Å². The van der Waals surface area contributed by atoms with E-state index in [0.717, 1.165) is 0 Å². The molecule has 2 rings (SSSR count). The monoisotopic (exact) mass is 339 g/mol. The number of nitrogens with zero attached hydrogens (tertiary/aromatic N) is 3. The molecular formula is C15H22ClN5O2. The Bertz CT molecular complexity index is 634. The van der Waals surface area contributed by atoms with Gasteiger partial charge in [0, 0.05) is 18.3 Å². The van der Waals surface area contributed by atoms with E-state index in [0.29, 0.717) is 42.5 Å². The first-order chi connectivity index (χ1) is 10.3. The number of anilines is 2. The molecule has 2 aromatic rings. The number of pyridine rings is 1. The van der Waals surface area contributed by atoms with Gasteiger partial charge in [-0.05, 0) is 18.6 Å². The lowest BCUT2D eigenvalue weighted by molar-refractivity contribution is -0.116. The molecule has 3 N–H and O–H groups in total. The molecule has 2 heterocycles. The molecule has 126 valence electrons.